The third-order valence-corrected chi connectivity index (χ3v) is 3.36. The van der Waals surface area contributed by atoms with Crippen LogP contribution in [0.2, 0.25) is 5.02 Å². The summed E-state index contributed by atoms with van der Waals surface area (Å²) in [6.45, 7) is 4.07. The lowest BCUT2D eigenvalue weighted by molar-refractivity contribution is 0.151. The highest BCUT2D eigenvalue weighted by Gasteiger charge is 2.40. The van der Waals surface area contributed by atoms with Crippen LogP contribution in [0.25, 0.3) is 0 Å². The van der Waals surface area contributed by atoms with Gasteiger partial charge in [-0.05, 0) is 37.8 Å². The van der Waals surface area contributed by atoms with Crippen molar-refractivity contribution >= 4 is 11.6 Å². The summed E-state index contributed by atoms with van der Waals surface area (Å²) in [5.41, 5.74) is 2.95. The molecule has 0 amide bonds. The fourth-order valence-electron chi connectivity index (χ4n) is 1.84. The highest BCUT2D eigenvalue weighted by Crippen LogP contribution is 2.40. The van der Waals surface area contributed by atoms with Crippen LogP contribution in [-0.2, 0) is 6.42 Å². The molecule has 2 heteroatoms. The largest absolute Gasteiger partial charge is 0.390 e. The second-order valence-electron chi connectivity index (χ2n) is 4.46. The van der Waals surface area contributed by atoms with Crippen LogP contribution in [-0.4, -0.2) is 10.7 Å². The molecular weight excluding hydrogens is 196 g/mol. The van der Waals surface area contributed by atoms with Crippen LogP contribution in [0.5, 0.6) is 0 Å². The van der Waals surface area contributed by atoms with Crippen LogP contribution in [0.15, 0.2) is 12.1 Å². The van der Waals surface area contributed by atoms with Gasteiger partial charge in [0.05, 0.1) is 5.60 Å². The molecule has 0 heterocycles. The lowest BCUT2D eigenvalue weighted by Gasteiger charge is -2.12. The maximum absolute atomic E-state index is 9.83. The molecule has 0 aromatic heterocycles. The van der Waals surface area contributed by atoms with Gasteiger partial charge in [0.2, 0.25) is 0 Å². The van der Waals surface area contributed by atoms with Gasteiger partial charge in [-0.15, -0.1) is 0 Å². The van der Waals surface area contributed by atoms with Crippen molar-refractivity contribution < 1.29 is 5.11 Å². The average molecular weight is 211 g/mol. The van der Waals surface area contributed by atoms with Crippen molar-refractivity contribution in [2.45, 2.75) is 38.7 Å². The Morgan fingerprint density at radius 1 is 1.36 bits per heavy atom. The first-order valence-electron chi connectivity index (χ1n) is 4.98. The zero-order valence-electron chi connectivity index (χ0n) is 8.60. The Labute approximate surface area is 89.7 Å². The molecule has 1 saturated carbocycles. The Hall–Kier alpha value is -0.530. The van der Waals surface area contributed by atoms with Gasteiger partial charge < -0.3 is 5.11 Å². The minimum Gasteiger partial charge on any atom is -0.390 e. The minimum atomic E-state index is -0.454. The van der Waals surface area contributed by atoms with Gasteiger partial charge in [0, 0.05) is 11.4 Å². The van der Waals surface area contributed by atoms with Crippen molar-refractivity contribution in [2.75, 3.05) is 0 Å². The van der Waals surface area contributed by atoms with Gasteiger partial charge in [-0.2, -0.15) is 0 Å². The molecule has 1 aromatic carbocycles. The third-order valence-electron chi connectivity index (χ3n) is 2.82. The normalized spacial score (nSPS) is 18.3. The SMILES string of the molecule is Cc1cc(C)c(Cl)c(CC2(O)CC2)c1. The Balaban J connectivity index is 2.32. The molecule has 0 radical (unpaired) electrons. The molecule has 1 aliphatic carbocycles. The zero-order valence-corrected chi connectivity index (χ0v) is 9.36. The first-order chi connectivity index (χ1) is 6.50. The highest BCUT2D eigenvalue weighted by atomic mass is 35.5. The van der Waals surface area contributed by atoms with Gasteiger partial charge in [0.15, 0.2) is 0 Å². The average Bonchev–Trinajstić information content (AvgIpc) is 2.79. The van der Waals surface area contributed by atoms with Crippen LogP contribution in [0.4, 0.5) is 0 Å². The van der Waals surface area contributed by atoms with Gasteiger partial charge >= 0.3 is 0 Å². The maximum atomic E-state index is 9.83. The molecule has 14 heavy (non-hydrogen) atoms. The molecule has 2 rings (SSSR count). The van der Waals surface area contributed by atoms with Crippen molar-refractivity contribution in [1.82, 2.24) is 0 Å². The summed E-state index contributed by atoms with van der Waals surface area (Å²) in [7, 11) is 0. The first kappa shape index (κ1) is 10.0. The molecule has 1 aromatic rings. The molecule has 0 unspecified atom stereocenters. The van der Waals surface area contributed by atoms with E-state index in [4.69, 9.17) is 11.6 Å². The molecule has 0 atom stereocenters. The third kappa shape index (κ3) is 1.94. The molecule has 0 bridgehead atoms. The van der Waals surface area contributed by atoms with Crippen LogP contribution in [0.3, 0.4) is 0 Å². The molecule has 1 nitrogen and oxygen atoms in total. The van der Waals surface area contributed by atoms with E-state index in [1.165, 1.54) is 5.56 Å². The first-order valence-corrected chi connectivity index (χ1v) is 5.36. The monoisotopic (exact) mass is 210 g/mol. The quantitative estimate of drug-likeness (QED) is 0.796. The lowest BCUT2D eigenvalue weighted by atomic mass is 10.0. The number of rotatable bonds is 2. The number of hydrogen-bond donors (Lipinski definition) is 1. The van der Waals surface area contributed by atoms with E-state index in [9.17, 15) is 5.11 Å². The molecule has 1 fully saturated rings. The number of benzene rings is 1. The van der Waals surface area contributed by atoms with Crippen LogP contribution >= 0.6 is 11.6 Å². The van der Waals surface area contributed by atoms with E-state index >= 15 is 0 Å². The molecule has 0 saturated heterocycles. The van der Waals surface area contributed by atoms with Crippen molar-refractivity contribution in [3.63, 3.8) is 0 Å². The van der Waals surface area contributed by atoms with Crippen LogP contribution in [0, 0.1) is 13.8 Å². The fourth-order valence-corrected chi connectivity index (χ4v) is 2.02. The predicted molar refractivity (Wildman–Crippen MR) is 58.8 cm³/mol. The van der Waals surface area contributed by atoms with Gasteiger partial charge in [-0.25, -0.2) is 0 Å². The summed E-state index contributed by atoms with van der Waals surface area (Å²) in [4.78, 5) is 0. The van der Waals surface area contributed by atoms with Crippen molar-refractivity contribution in [2.24, 2.45) is 0 Å². The van der Waals surface area contributed by atoms with Crippen molar-refractivity contribution in [1.29, 1.82) is 0 Å². The van der Waals surface area contributed by atoms with Crippen molar-refractivity contribution in [3.05, 3.63) is 33.8 Å². The molecule has 1 aliphatic rings. The Kier molecular flexibility index (Phi) is 2.32. The summed E-state index contributed by atoms with van der Waals surface area (Å²) in [6.07, 6.45) is 2.53. The van der Waals surface area contributed by atoms with E-state index in [1.54, 1.807) is 0 Å². The number of aliphatic hydroxyl groups is 1. The van der Waals surface area contributed by atoms with Gasteiger partial charge in [0.25, 0.3) is 0 Å². The summed E-state index contributed by atoms with van der Waals surface area (Å²) >= 11 is 6.19. The van der Waals surface area contributed by atoms with E-state index in [1.807, 2.05) is 6.92 Å². The van der Waals surface area contributed by atoms with Gasteiger partial charge in [-0.3, -0.25) is 0 Å². The lowest BCUT2D eigenvalue weighted by Crippen LogP contribution is -2.11. The highest BCUT2D eigenvalue weighted by molar-refractivity contribution is 6.32. The molecule has 76 valence electrons. The smallest absolute Gasteiger partial charge is 0.0690 e. The summed E-state index contributed by atoms with van der Waals surface area (Å²) < 4.78 is 0. The Bertz CT molecular complexity index is 367. The van der Waals surface area contributed by atoms with E-state index < -0.39 is 5.60 Å². The Morgan fingerprint density at radius 2 is 2.00 bits per heavy atom. The standard InChI is InChI=1S/C12H15ClO/c1-8-5-9(2)11(13)10(6-8)7-12(14)3-4-12/h5-6,14H,3-4,7H2,1-2H3. The second kappa shape index (κ2) is 3.25. The van der Waals surface area contributed by atoms with Crippen LogP contribution in [0.1, 0.15) is 29.5 Å². The fraction of sp³-hybridized carbons (Fsp3) is 0.500. The summed E-state index contributed by atoms with van der Waals surface area (Å²) in [6, 6.07) is 4.15. The molecular formula is C12H15ClO. The maximum Gasteiger partial charge on any atom is 0.0690 e. The van der Waals surface area contributed by atoms with Crippen molar-refractivity contribution in [3.8, 4) is 0 Å². The van der Waals surface area contributed by atoms with E-state index in [2.05, 4.69) is 19.1 Å². The molecule has 0 spiro atoms. The predicted octanol–water partition coefficient (Wildman–Crippen LogP) is 3.02. The Morgan fingerprint density at radius 3 is 2.57 bits per heavy atom. The van der Waals surface area contributed by atoms with E-state index in [-0.39, 0.29) is 0 Å². The van der Waals surface area contributed by atoms with E-state index in [0.717, 1.165) is 29.0 Å². The number of halogens is 1. The number of hydrogen-bond acceptors (Lipinski definition) is 1. The molecule has 1 N–H and O–H groups in total. The minimum absolute atomic E-state index is 0.454. The van der Waals surface area contributed by atoms with E-state index in [0.29, 0.717) is 6.42 Å². The number of aryl methyl sites for hydroxylation is 2. The van der Waals surface area contributed by atoms with Gasteiger partial charge in [0.1, 0.15) is 0 Å². The molecule has 0 aliphatic heterocycles. The summed E-state index contributed by atoms with van der Waals surface area (Å²) in [5, 5.41) is 10.6. The summed E-state index contributed by atoms with van der Waals surface area (Å²) in [5.74, 6) is 0. The van der Waals surface area contributed by atoms with Crippen LogP contribution < -0.4 is 0 Å². The second-order valence-corrected chi connectivity index (χ2v) is 4.83. The van der Waals surface area contributed by atoms with Gasteiger partial charge in [-0.1, -0.05) is 29.3 Å². The topological polar surface area (TPSA) is 20.2 Å². The zero-order chi connectivity index (χ0) is 10.3.